The number of fused-ring (bicyclic) bond motifs is 2. The van der Waals surface area contributed by atoms with Crippen LogP contribution in [0.5, 0.6) is 0 Å². The molecular weight excluding hydrogens is 556 g/mol. The van der Waals surface area contributed by atoms with Gasteiger partial charge >= 0.3 is 0 Å². The van der Waals surface area contributed by atoms with Crippen molar-refractivity contribution in [2.45, 2.75) is 92.9 Å². The van der Waals surface area contributed by atoms with Crippen LogP contribution in [0.1, 0.15) is 104 Å². The zero-order chi connectivity index (χ0) is 33.1. The molecule has 0 atom stereocenters. The van der Waals surface area contributed by atoms with Crippen molar-refractivity contribution < 1.29 is 4.58 Å². The van der Waals surface area contributed by atoms with E-state index in [0.29, 0.717) is 0 Å². The Morgan fingerprint density at radius 1 is 0.935 bits per heavy atom. The standard InChI is InChI=1S/C44H55N2/c1-9-18-40-41(19-10-2)46(29-17-11-12-20-31(3)45)42(44(40,7)8)28-27-36-32(4)35(37-22-14-15-23-38(36)37)26-25-34-30-33-21-13-16-24-39(33)43(34,5)6/h9,14-15,18-19,21-28H,1,3,10-13,16-17,20,29-30,45H2,2,4-8H3/q+1/b28-27+,34-25-,35-26-,40-18+,41-19+. The number of nitrogens with two attached hydrogens (primary N) is 1. The molecule has 1 aromatic rings. The summed E-state index contributed by atoms with van der Waals surface area (Å²) in [5.41, 5.74) is 21.8. The Morgan fingerprint density at radius 2 is 1.67 bits per heavy atom. The molecule has 0 amide bonds. The van der Waals surface area contributed by atoms with E-state index in [4.69, 9.17) is 5.73 Å². The first-order valence-corrected chi connectivity index (χ1v) is 17.4. The van der Waals surface area contributed by atoms with Crippen LogP contribution in [0.15, 0.2) is 131 Å². The second-order valence-electron chi connectivity index (χ2n) is 14.4. The molecule has 0 bridgehead atoms. The summed E-state index contributed by atoms with van der Waals surface area (Å²) >= 11 is 0. The first-order valence-electron chi connectivity index (χ1n) is 17.4. The third-order valence-electron chi connectivity index (χ3n) is 10.5. The van der Waals surface area contributed by atoms with Crippen LogP contribution in [0.2, 0.25) is 0 Å². The van der Waals surface area contributed by atoms with Gasteiger partial charge in [0.05, 0.1) is 5.41 Å². The van der Waals surface area contributed by atoms with Gasteiger partial charge in [0.1, 0.15) is 6.54 Å². The minimum absolute atomic E-state index is 0.0919. The molecule has 3 aliphatic carbocycles. The van der Waals surface area contributed by atoms with Crippen molar-refractivity contribution in [1.82, 2.24) is 0 Å². The molecule has 240 valence electrons. The highest BCUT2D eigenvalue weighted by Crippen LogP contribution is 2.52. The van der Waals surface area contributed by atoms with Gasteiger partial charge in [0, 0.05) is 29.2 Å². The maximum Gasteiger partial charge on any atom is 0.205 e. The van der Waals surface area contributed by atoms with Gasteiger partial charge in [0.2, 0.25) is 5.70 Å². The van der Waals surface area contributed by atoms with Crippen LogP contribution >= 0.6 is 0 Å². The molecule has 5 rings (SSSR count). The summed E-state index contributed by atoms with van der Waals surface area (Å²) in [6.07, 6.45) is 29.7. The normalized spacial score (nSPS) is 23.6. The average molecular weight is 612 g/mol. The largest absolute Gasteiger partial charge is 0.403 e. The molecule has 0 spiro atoms. The minimum Gasteiger partial charge on any atom is -0.403 e. The summed E-state index contributed by atoms with van der Waals surface area (Å²) in [5, 5.41) is 0. The molecule has 0 unspecified atom stereocenters. The summed E-state index contributed by atoms with van der Waals surface area (Å²) in [7, 11) is 0. The molecule has 0 radical (unpaired) electrons. The summed E-state index contributed by atoms with van der Waals surface area (Å²) in [6.45, 7) is 23.0. The van der Waals surface area contributed by atoms with Crippen LogP contribution in [0, 0.1) is 10.8 Å². The predicted molar refractivity (Wildman–Crippen MR) is 200 cm³/mol. The van der Waals surface area contributed by atoms with E-state index in [1.54, 1.807) is 0 Å². The lowest BCUT2D eigenvalue weighted by molar-refractivity contribution is -0.469. The second-order valence-corrected chi connectivity index (χ2v) is 14.4. The molecule has 2 heteroatoms. The van der Waals surface area contributed by atoms with Gasteiger partial charge in [-0.05, 0) is 117 Å². The van der Waals surface area contributed by atoms with E-state index in [1.807, 2.05) is 6.08 Å². The van der Waals surface area contributed by atoms with E-state index in [2.05, 4.69) is 132 Å². The van der Waals surface area contributed by atoms with Crippen LogP contribution < -0.4 is 5.73 Å². The molecule has 1 aliphatic heterocycles. The van der Waals surface area contributed by atoms with Crippen molar-refractivity contribution in [3.05, 3.63) is 142 Å². The van der Waals surface area contributed by atoms with Gasteiger partial charge in [-0.15, -0.1) is 0 Å². The molecule has 1 aromatic carbocycles. The SMILES string of the molecule is C=C/C=C1\C(=C/CC)[N+](CCCCCC(=C)N)=C(/C=C/C2=C(C)C(=C/C=C3/CC4=CCCC=C4C3(C)C)/c3ccccc32)C1(C)C. The van der Waals surface area contributed by atoms with Gasteiger partial charge in [-0.3, -0.25) is 0 Å². The lowest BCUT2D eigenvalue weighted by atomic mass is 9.80. The number of hydrogen-bond acceptors (Lipinski definition) is 1. The van der Waals surface area contributed by atoms with Crippen LogP contribution in [-0.4, -0.2) is 16.8 Å². The Labute approximate surface area is 279 Å². The quantitative estimate of drug-likeness (QED) is 0.196. The van der Waals surface area contributed by atoms with Crippen LogP contribution in [-0.2, 0) is 0 Å². The number of benzene rings is 1. The first-order chi connectivity index (χ1) is 22.0. The van der Waals surface area contributed by atoms with Gasteiger partial charge in [-0.2, -0.15) is 4.58 Å². The Hall–Kier alpha value is -3.91. The van der Waals surface area contributed by atoms with Crippen LogP contribution in [0.3, 0.4) is 0 Å². The van der Waals surface area contributed by atoms with E-state index in [9.17, 15) is 0 Å². The van der Waals surface area contributed by atoms with Crippen LogP contribution in [0.25, 0.3) is 11.1 Å². The van der Waals surface area contributed by atoms with Crippen molar-refractivity contribution in [2.24, 2.45) is 16.6 Å². The van der Waals surface area contributed by atoms with E-state index in [1.165, 1.54) is 74.4 Å². The monoisotopic (exact) mass is 611 g/mol. The average Bonchev–Trinajstić information content (AvgIpc) is 3.52. The number of nitrogens with zero attached hydrogens (tertiary/aromatic N) is 1. The van der Waals surface area contributed by atoms with E-state index < -0.39 is 0 Å². The molecule has 46 heavy (non-hydrogen) atoms. The number of unbranched alkanes of at least 4 members (excludes halogenated alkanes) is 2. The van der Waals surface area contributed by atoms with Crippen LogP contribution in [0.4, 0.5) is 0 Å². The van der Waals surface area contributed by atoms with Crippen molar-refractivity contribution in [1.29, 1.82) is 0 Å². The number of allylic oxidation sites excluding steroid dienone is 17. The number of hydrogen-bond donors (Lipinski definition) is 1. The first kappa shape index (κ1) is 33.5. The van der Waals surface area contributed by atoms with Crippen molar-refractivity contribution in [3.63, 3.8) is 0 Å². The summed E-state index contributed by atoms with van der Waals surface area (Å²) in [4.78, 5) is 0. The van der Waals surface area contributed by atoms with E-state index in [-0.39, 0.29) is 10.8 Å². The second kappa shape index (κ2) is 13.8. The molecule has 1 saturated carbocycles. The molecule has 0 aromatic heterocycles. The van der Waals surface area contributed by atoms with Gasteiger partial charge in [-0.1, -0.05) is 100 Å². The fraction of sp³-hybridized carbons (Fsp3) is 0.386. The predicted octanol–water partition coefficient (Wildman–Crippen LogP) is 11.3. The van der Waals surface area contributed by atoms with Gasteiger partial charge < -0.3 is 5.73 Å². The van der Waals surface area contributed by atoms with Crippen molar-refractivity contribution >= 4 is 16.9 Å². The molecule has 2 nitrogen and oxygen atoms in total. The maximum atomic E-state index is 5.85. The Morgan fingerprint density at radius 3 is 2.37 bits per heavy atom. The van der Waals surface area contributed by atoms with Gasteiger partial charge in [-0.25, -0.2) is 0 Å². The van der Waals surface area contributed by atoms with E-state index in [0.717, 1.165) is 50.8 Å². The van der Waals surface area contributed by atoms with Gasteiger partial charge in [0.15, 0.2) is 5.71 Å². The fourth-order valence-corrected chi connectivity index (χ4v) is 7.93. The highest BCUT2D eigenvalue weighted by atomic mass is 15.1. The molecule has 0 saturated heterocycles. The highest BCUT2D eigenvalue weighted by Gasteiger charge is 2.46. The van der Waals surface area contributed by atoms with Gasteiger partial charge in [0.25, 0.3) is 0 Å². The maximum absolute atomic E-state index is 5.85. The smallest absolute Gasteiger partial charge is 0.205 e. The zero-order valence-corrected chi connectivity index (χ0v) is 29.3. The highest BCUT2D eigenvalue weighted by molar-refractivity contribution is 6.07. The fourth-order valence-electron chi connectivity index (χ4n) is 7.93. The lowest BCUT2D eigenvalue weighted by Crippen LogP contribution is -2.24. The number of rotatable bonds is 11. The Kier molecular flexibility index (Phi) is 10.1. The van der Waals surface area contributed by atoms with E-state index >= 15 is 0 Å². The summed E-state index contributed by atoms with van der Waals surface area (Å²) in [5.74, 6) is 0. The lowest BCUT2D eigenvalue weighted by Gasteiger charge is -2.23. The summed E-state index contributed by atoms with van der Waals surface area (Å²) < 4.78 is 2.56. The third kappa shape index (κ3) is 6.37. The minimum atomic E-state index is -0.138. The van der Waals surface area contributed by atoms with Crippen molar-refractivity contribution in [3.8, 4) is 0 Å². The zero-order valence-electron chi connectivity index (χ0n) is 29.3. The summed E-state index contributed by atoms with van der Waals surface area (Å²) in [6, 6.07) is 8.92. The molecule has 1 heterocycles. The molecule has 4 aliphatic rings. The Bertz CT molecular complexity index is 1700. The molecule has 1 fully saturated rings. The Balaban J connectivity index is 1.54. The van der Waals surface area contributed by atoms with Crippen molar-refractivity contribution in [2.75, 3.05) is 6.54 Å². The molecular formula is C44H55N2+. The third-order valence-corrected chi connectivity index (χ3v) is 10.5. The topological polar surface area (TPSA) is 29.0 Å². The molecule has 2 N–H and O–H groups in total.